The molecule has 0 bridgehead atoms. The molecule has 0 saturated heterocycles. The molecule has 0 amide bonds. The molecule has 3 nitrogen and oxygen atoms in total. The summed E-state index contributed by atoms with van der Waals surface area (Å²) >= 11 is 6.29. The second-order valence-corrected chi connectivity index (χ2v) is 4.98. The zero-order valence-electron chi connectivity index (χ0n) is 11.8. The van der Waals surface area contributed by atoms with Crippen molar-refractivity contribution in [3.63, 3.8) is 0 Å². The van der Waals surface area contributed by atoms with Crippen LogP contribution in [0, 0.1) is 0 Å². The summed E-state index contributed by atoms with van der Waals surface area (Å²) in [6.07, 6.45) is 0. The smallest absolute Gasteiger partial charge is 0.137 e. The van der Waals surface area contributed by atoms with Gasteiger partial charge in [0.25, 0.3) is 0 Å². The third-order valence-corrected chi connectivity index (χ3v) is 3.63. The van der Waals surface area contributed by atoms with Crippen molar-refractivity contribution < 1.29 is 9.47 Å². The average Bonchev–Trinajstić information content (AvgIpc) is 2.54. The number of nitrogens with zero attached hydrogens (tertiary/aromatic N) is 1. The molecule has 0 saturated carbocycles. The highest BCUT2D eigenvalue weighted by atomic mass is 35.5. The normalized spacial score (nSPS) is 10.6. The van der Waals surface area contributed by atoms with Crippen LogP contribution in [0.3, 0.4) is 0 Å². The van der Waals surface area contributed by atoms with Crippen molar-refractivity contribution in [2.24, 2.45) is 0 Å². The van der Waals surface area contributed by atoms with Crippen LogP contribution in [-0.4, -0.2) is 19.2 Å². The highest BCUT2D eigenvalue weighted by molar-refractivity contribution is 6.34. The molecular weight excluding hydrogens is 286 g/mol. The first-order chi connectivity index (χ1) is 10.2. The SMILES string of the molecule is COc1cc(OC)cc(-c2cc3ccccc3c(Cl)n2)c1. The van der Waals surface area contributed by atoms with Gasteiger partial charge in [0.15, 0.2) is 0 Å². The van der Waals surface area contributed by atoms with E-state index in [2.05, 4.69) is 4.98 Å². The summed E-state index contributed by atoms with van der Waals surface area (Å²) in [7, 11) is 3.25. The van der Waals surface area contributed by atoms with Gasteiger partial charge in [-0.2, -0.15) is 0 Å². The van der Waals surface area contributed by atoms with E-state index in [4.69, 9.17) is 21.1 Å². The van der Waals surface area contributed by atoms with Crippen molar-refractivity contribution in [1.29, 1.82) is 0 Å². The molecule has 0 aliphatic rings. The maximum atomic E-state index is 6.29. The fraction of sp³-hybridized carbons (Fsp3) is 0.118. The minimum absolute atomic E-state index is 0.491. The molecule has 0 aliphatic carbocycles. The van der Waals surface area contributed by atoms with Gasteiger partial charge in [0.2, 0.25) is 0 Å². The van der Waals surface area contributed by atoms with Gasteiger partial charge in [-0.3, -0.25) is 0 Å². The van der Waals surface area contributed by atoms with Crippen LogP contribution in [-0.2, 0) is 0 Å². The molecule has 1 heterocycles. The van der Waals surface area contributed by atoms with Crippen LogP contribution in [0.1, 0.15) is 0 Å². The average molecular weight is 300 g/mol. The Balaban J connectivity index is 2.20. The molecule has 0 unspecified atom stereocenters. The molecule has 21 heavy (non-hydrogen) atoms. The summed E-state index contributed by atoms with van der Waals surface area (Å²) in [5, 5.41) is 2.48. The first-order valence-corrected chi connectivity index (χ1v) is 6.88. The van der Waals surface area contributed by atoms with E-state index in [1.165, 1.54) is 0 Å². The zero-order valence-corrected chi connectivity index (χ0v) is 12.5. The van der Waals surface area contributed by atoms with Crippen molar-refractivity contribution >= 4 is 22.4 Å². The summed E-state index contributed by atoms with van der Waals surface area (Å²) in [5.74, 6) is 1.44. The minimum atomic E-state index is 0.491. The van der Waals surface area contributed by atoms with Crippen LogP contribution in [0.15, 0.2) is 48.5 Å². The van der Waals surface area contributed by atoms with Crippen molar-refractivity contribution in [2.45, 2.75) is 0 Å². The number of methoxy groups -OCH3 is 2. The van der Waals surface area contributed by atoms with E-state index in [-0.39, 0.29) is 0 Å². The van der Waals surface area contributed by atoms with Gasteiger partial charge in [-0.05, 0) is 23.6 Å². The standard InChI is InChI=1S/C17H14ClNO2/c1-20-13-7-12(8-14(10-13)21-2)16-9-11-5-3-4-6-15(11)17(18)19-16/h3-10H,1-2H3. The molecule has 0 N–H and O–H groups in total. The Labute approximate surface area is 128 Å². The number of halogens is 1. The summed E-state index contributed by atoms with van der Waals surface area (Å²) < 4.78 is 10.6. The second-order valence-electron chi connectivity index (χ2n) is 4.62. The van der Waals surface area contributed by atoms with E-state index in [0.717, 1.165) is 33.5 Å². The van der Waals surface area contributed by atoms with E-state index in [9.17, 15) is 0 Å². The van der Waals surface area contributed by atoms with Crippen LogP contribution < -0.4 is 9.47 Å². The minimum Gasteiger partial charge on any atom is -0.497 e. The molecule has 1 aromatic heterocycles. The van der Waals surface area contributed by atoms with Crippen LogP contribution >= 0.6 is 11.6 Å². The van der Waals surface area contributed by atoms with Gasteiger partial charge in [-0.1, -0.05) is 35.9 Å². The van der Waals surface area contributed by atoms with E-state index >= 15 is 0 Å². The molecule has 4 heteroatoms. The van der Waals surface area contributed by atoms with E-state index in [1.807, 2.05) is 48.5 Å². The van der Waals surface area contributed by atoms with E-state index < -0.39 is 0 Å². The number of hydrogen-bond donors (Lipinski definition) is 0. The van der Waals surface area contributed by atoms with E-state index in [0.29, 0.717) is 5.15 Å². The lowest BCUT2D eigenvalue weighted by atomic mass is 10.1. The maximum absolute atomic E-state index is 6.29. The van der Waals surface area contributed by atoms with Gasteiger partial charge in [-0.15, -0.1) is 0 Å². The number of hydrogen-bond acceptors (Lipinski definition) is 3. The van der Waals surface area contributed by atoms with Crippen LogP contribution in [0.5, 0.6) is 11.5 Å². The molecule has 106 valence electrons. The van der Waals surface area contributed by atoms with Gasteiger partial charge in [0.1, 0.15) is 16.7 Å². The Morgan fingerprint density at radius 3 is 2.24 bits per heavy atom. The summed E-state index contributed by atoms with van der Waals surface area (Å²) in [6.45, 7) is 0. The number of fused-ring (bicyclic) bond motifs is 1. The van der Waals surface area contributed by atoms with Crippen LogP contribution in [0.4, 0.5) is 0 Å². The van der Waals surface area contributed by atoms with Gasteiger partial charge in [-0.25, -0.2) is 4.98 Å². The lowest BCUT2D eigenvalue weighted by molar-refractivity contribution is 0.394. The summed E-state index contributed by atoms with van der Waals surface area (Å²) in [6, 6.07) is 15.6. The predicted octanol–water partition coefficient (Wildman–Crippen LogP) is 4.57. The molecule has 0 radical (unpaired) electrons. The highest BCUT2D eigenvalue weighted by Gasteiger charge is 2.09. The van der Waals surface area contributed by atoms with Gasteiger partial charge >= 0.3 is 0 Å². The number of ether oxygens (including phenoxy) is 2. The first-order valence-electron chi connectivity index (χ1n) is 6.50. The predicted molar refractivity (Wildman–Crippen MR) is 85.3 cm³/mol. The molecule has 0 aliphatic heterocycles. The fourth-order valence-electron chi connectivity index (χ4n) is 2.26. The third kappa shape index (κ3) is 2.65. The summed E-state index contributed by atoms with van der Waals surface area (Å²) in [4.78, 5) is 4.48. The maximum Gasteiger partial charge on any atom is 0.137 e. The van der Waals surface area contributed by atoms with Crippen molar-refractivity contribution in [3.05, 3.63) is 53.7 Å². The number of pyridine rings is 1. The van der Waals surface area contributed by atoms with Gasteiger partial charge in [0, 0.05) is 17.0 Å². The second kappa shape index (κ2) is 5.62. The Kier molecular flexibility index (Phi) is 3.67. The van der Waals surface area contributed by atoms with Crippen molar-refractivity contribution in [2.75, 3.05) is 14.2 Å². The molecular formula is C17H14ClNO2. The quantitative estimate of drug-likeness (QED) is 0.664. The van der Waals surface area contributed by atoms with Gasteiger partial charge in [0.05, 0.1) is 19.9 Å². The molecule has 3 aromatic rings. The van der Waals surface area contributed by atoms with Crippen LogP contribution in [0.25, 0.3) is 22.0 Å². The largest absolute Gasteiger partial charge is 0.497 e. The topological polar surface area (TPSA) is 31.4 Å². The van der Waals surface area contributed by atoms with Crippen molar-refractivity contribution in [1.82, 2.24) is 4.98 Å². The molecule has 2 aromatic carbocycles. The first kappa shape index (κ1) is 13.7. The fourth-order valence-corrected chi connectivity index (χ4v) is 2.52. The third-order valence-electron chi connectivity index (χ3n) is 3.34. The number of aromatic nitrogens is 1. The van der Waals surface area contributed by atoms with Gasteiger partial charge < -0.3 is 9.47 Å². The molecule has 0 fully saturated rings. The van der Waals surface area contributed by atoms with E-state index in [1.54, 1.807) is 14.2 Å². The number of benzene rings is 2. The Bertz CT molecular complexity index is 780. The molecule has 0 spiro atoms. The Morgan fingerprint density at radius 1 is 0.905 bits per heavy atom. The van der Waals surface area contributed by atoms with Crippen LogP contribution in [0.2, 0.25) is 5.15 Å². The monoisotopic (exact) mass is 299 g/mol. The Hall–Kier alpha value is -2.26. The highest BCUT2D eigenvalue weighted by Crippen LogP contribution is 2.32. The Morgan fingerprint density at radius 2 is 1.57 bits per heavy atom. The lowest BCUT2D eigenvalue weighted by Gasteiger charge is -2.09. The zero-order chi connectivity index (χ0) is 14.8. The molecule has 3 rings (SSSR count). The summed E-state index contributed by atoms with van der Waals surface area (Å²) in [5.41, 5.74) is 1.69. The number of rotatable bonds is 3. The lowest BCUT2D eigenvalue weighted by Crippen LogP contribution is -1.91. The van der Waals surface area contributed by atoms with Crippen molar-refractivity contribution in [3.8, 4) is 22.8 Å². The molecule has 0 atom stereocenters.